The van der Waals surface area contributed by atoms with E-state index in [0.29, 0.717) is 31.9 Å². The van der Waals surface area contributed by atoms with E-state index < -0.39 is 5.54 Å². The monoisotopic (exact) mass is 381 g/mol. The summed E-state index contributed by atoms with van der Waals surface area (Å²) in [5.74, 6) is 0.427. The van der Waals surface area contributed by atoms with E-state index in [9.17, 15) is 9.59 Å². The van der Waals surface area contributed by atoms with Crippen molar-refractivity contribution in [3.05, 3.63) is 54.5 Å². The number of hydrogen-bond donors (Lipinski definition) is 1. The van der Waals surface area contributed by atoms with Gasteiger partial charge in [0.1, 0.15) is 5.54 Å². The van der Waals surface area contributed by atoms with E-state index in [4.69, 9.17) is 4.42 Å². The number of amides is 2. The zero-order valence-electron chi connectivity index (χ0n) is 16.1. The number of para-hydroxylation sites is 1. The fourth-order valence-electron chi connectivity index (χ4n) is 4.35. The Bertz CT molecular complexity index is 798. The molecule has 0 atom stereocenters. The first-order valence-electron chi connectivity index (χ1n) is 10.1. The molecule has 1 N–H and O–H groups in total. The number of anilines is 1. The van der Waals surface area contributed by atoms with Crippen LogP contribution in [-0.2, 0) is 4.79 Å². The van der Waals surface area contributed by atoms with Gasteiger partial charge in [-0.05, 0) is 43.5 Å². The number of rotatable bonds is 4. The average molecular weight is 381 g/mol. The highest BCUT2D eigenvalue weighted by Gasteiger charge is 2.44. The van der Waals surface area contributed by atoms with Gasteiger partial charge in [0.2, 0.25) is 5.91 Å². The molecule has 2 heterocycles. The van der Waals surface area contributed by atoms with Crippen molar-refractivity contribution in [2.24, 2.45) is 0 Å². The van der Waals surface area contributed by atoms with Crippen molar-refractivity contribution < 1.29 is 14.0 Å². The highest BCUT2D eigenvalue weighted by Crippen LogP contribution is 2.35. The highest BCUT2D eigenvalue weighted by atomic mass is 16.3. The second kappa shape index (κ2) is 8.09. The topological polar surface area (TPSA) is 65.8 Å². The average Bonchev–Trinajstić information content (AvgIpc) is 3.36. The van der Waals surface area contributed by atoms with Crippen LogP contribution in [0.1, 0.15) is 42.7 Å². The number of carbonyl (C=O) groups is 2. The van der Waals surface area contributed by atoms with E-state index in [2.05, 4.69) is 5.32 Å². The lowest BCUT2D eigenvalue weighted by Gasteiger charge is -2.35. The number of hydrogen-bond acceptors (Lipinski definition) is 4. The number of carbonyl (C=O) groups excluding carboxylic acids is 2. The van der Waals surface area contributed by atoms with E-state index in [1.807, 2.05) is 35.2 Å². The fraction of sp³-hybridized carbons (Fsp3) is 0.455. The van der Waals surface area contributed by atoms with Gasteiger partial charge in [-0.2, -0.15) is 0 Å². The molecule has 1 aliphatic heterocycles. The van der Waals surface area contributed by atoms with E-state index in [0.717, 1.165) is 37.8 Å². The summed E-state index contributed by atoms with van der Waals surface area (Å²) < 4.78 is 5.25. The van der Waals surface area contributed by atoms with Crippen molar-refractivity contribution in [3.63, 3.8) is 0 Å². The molecule has 1 aromatic carbocycles. The van der Waals surface area contributed by atoms with Gasteiger partial charge in [-0.1, -0.05) is 31.0 Å². The minimum Gasteiger partial charge on any atom is -0.459 e. The van der Waals surface area contributed by atoms with Crippen LogP contribution in [0.4, 0.5) is 5.69 Å². The Balaban J connectivity index is 1.45. The van der Waals surface area contributed by atoms with E-state index >= 15 is 0 Å². The van der Waals surface area contributed by atoms with Crippen molar-refractivity contribution in [2.45, 2.75) is 37.6 Å². The Morgan fingerprint density at radius 3 is 2.29 bits per heavy atom. The molecular formula is C22H27N3O3. The third-order valence-electron chi connectivity index (χ3n) is 5.83. The molecule has 1 saturated carbocycles. The van der Waals surface area contributed by atoms with Crippen LogP contribution >= 0.6 is 0 Å². The summed E-state index contributed by atoms with van der Waals surface area (Å²) >= 11 is 0. The standard InChI is InChI=1S/C22H27N3O3/c26-20(19-10-6-17-28-19)24-13-7-14-25(16-15-24)21(27)22(11-4-5-12-22)23-18-8-2-1-3-9-18/h1-3,6,8-10,17,23H,4-5,7,11-16H2. The SMILES string of the molecule is O=C(c1ccco1)N1CCCN(C(=O)C2(Nc3ccccc3)CCCC2)CC1. The van der Waals surface area contributed by atoms with Gasteiger partial charge < -0.3 is 19.5 Å². The molecule has 2 aromatic rings. The third-order valence-corrected chi connectivity index (χ3v) is 5.83. The molecule has 2 amide bonds. The quantitative estimate of drug-likeness (QED) is 0.882. The minimum absolute atomic E-state index is 0.0997. The van der Waals surface area contributed by atoms with Gasteiger partial charge in [-0.15, -0.1) is 0 Å². The fourth-order valence-corrected chi connectivity index (χ4v) is 4.35. The summed E-state index contributed by atoms with van der Waals surface area (Å²) in [6.45, 7) is 2.41. The molecule has 1 saturated heterocycles. The van der Waals surface area contributed by atoms with Crippen LogP contribution in [0.2, 0.25) is 0 Å². The van der Waals surface area contributed by atoms with Crippen LogP contribution < -0.4 is 5.32 Å². The maximum absolute atomic E-state index is 13.5. The summed E-state index contributed by atoms with van der Waals surface area (Å²) in [6, 6.07) is 13.4. The van der Waals surface area contributed by atoms with E-state index in [1.165, 1.54) is 6.26 Å². The largest absolute Gasteiger partial charge is 0.459 e. The Labute approximate surface area is 165 Å². The van der Waals surface area contributed by atoms with Crippen molar-refractivity contribution in [1.29, 1.82) is 0 Å². The molecule has 6 heteroatoms. The lowest BCUT2D eigenvalue weighted by Crippen LogP contribution is -2.53. The molecule has 0 bridgehead atoms. The van der Waals surface area contributed by atoms with Crippen LogP contribution in [0.25, 0.3) is 0 Å². The second-order valence-electron chi connectivity index (χ2n) is 7.70. The van der Waals surface area contributed by atoms with Gasteiger partial charge in [0.25, 0.3) is 5.91 Å². The Hall–Kier alpha value is -2.76. The molecule has 6 nitrogen and oxygen atoms in total. The number of nitrogens with zero attached hydrogens (tertiary/aromatic N) is 2. The van der Waals surface area contributed by atoms with Crippen LogP contribution in [0.3, 0.4) is 0 Å². The predicted octanol–water partition coefficient (Wildman–Crippen LogP) is 3.38. The second-order valence-corrected chi connectivity index (χ2v) is 7.70. The van der Waals surface area contributed by atoms with Crippen LogP contribution in [-0.4, -0.2) is 53.3 Å². The van der Waals surface area contributed by atoms with Crippen molar-refractivity contribution in [1.82, 2.24) is 9.80 Å². The maximum Gasteiger partial charge on any atom is 0.289 e. The van der Waals surface area contributed by atoms with Gasteiger partial charge in [-0.25, -0.2) is 0 Å². The van der Waals surface area contributed by atoms with Gasteiger partial charge in [-0.3, -0.25) is 9.59 Å². The first-order chi connectivity index (χ1) is 13.7. The summed E-state index contributed by atoms with van der Waals surface area (Å²) in [5.41, 5.74) is 0.462. The molecule has 2 fully saturated rings. The van der Waals surface area contributed by atoms with Crippen molar-refractivity contribution in [2.75, 3.05) is 31.5 Å². The van der Waals surface area contributed by atoms with Crippen molar-refractivity contribution in [3.8, 4) is 0 Å². The molecule has 0 spiro atoms. The van der Waals surface area contributed by atoms with Crippen molar-refractivity contribution >= 4 is 17.5 Å². The number of benzene rings is 1. The molecule has 0 unspecified atom stereocenters. The third kappa shape index (κ3) is 3.77. The highest BCUT2D eigenvalue weighted by molar-refractivity contribution is 5.92. The number of nitrogens with one attached hydrogen (secondary N) is 1. The van der Waals surface area contributed by atoms with Crippen LogP contribution in [0.15, 0.2) is 53.1 Å². The van der Waals surface area contributed by atoms with Crippen LogP contribution in [0, 0.1) is 0 Å². The molecule has 28 heavy (non-hydrogen) atoms. The van der Waals surface area contributed by atoms with Gasteiger partial charge in [0.15, 0.2) is 5.76 Å². The Kier molecular flexibility index (Phi) is 5.37. The summed E-state index contributed by atoms with van der Waals surface area (Å²) in [7, 11) is 0. The Morgan fingerprint density at radius 1 is 0.857 bits per heavy atom. The first-order valence-corrected chi connectivity index (χ1v) is 10.1. The normalized spacial score (nSPS) is 19.3. The Morgan fingerprint density at radius 2 is 1.57 bits per heavy atom. The van der Waals surface area contributed by atoms with E-state index in [1.54, 1.807) is 17.0 Å². The zero-order valence-corrected chi connectivity index (χ0v) is 16.1. The zero-order chi connectivity index (χ0) is 19.4. The summed E-state index contributed by atoms with van der Waals surface area (Å²) in [5, 5.41) is 3.54. The van der Waals surface area contributed by atoms with Gasteiger partial charge in [0.05, 0.1) is 6.26 Å². The van der Waals surface area contributed by atoms with Gasteiger partial charge in [0, 0.05) is 31.9 Å². The minimum atomic E-state index is -0.526. The number of furan rings is 1. The molecule has 2 aliphatic rings. The predicted molar refractivity (Wildman–Crippen MR) is 107 cm³/mol. The molecule has 4 rings (SSSR count). The molecule has 1 aromatic heterocycles. The molecule has 1 aliphatic carbocycles. The molecular weight excluding hydrogens is 354 g/mol. The summed E-state index contributed by atoms with van der Waals surface area (Å²) in [6.07, 6.45) is 6.11. The molecule has 0 radical (unpaired) electrons. The smallest absolute Gasteiger partial charge is 0.289 e. The maximum atomic E-state index is 13.5. The lowest BCUT2D eigenvalue weighted by atomic mass is 9.94. The first kappa shape index (κ1) is 18.6. The summed E-state index contributed by atoms with van der Waals surface area (Å²) in [4.78, 5) is 29.8. The lowest BCUT2D eigenvalue weighted by molar-refractivity contribution is -0.135. The molecule has 148 valence electrons. The van der Waals surface area contributed by atoms with Gasteiger partial charge >= 0.3 is 0 Å². The van der Waals surface area contributed by atoms with E-state index in [-0.39, 0.29) is 11.8 Å². The van der Waals surface area contributed by atoms with Crippen LogP contribution in [0.5, 0.6) is 0 Å².